The molecule has 1 N–H and O–H groups in total. The van der Waals surface area contributed by atoms with Gasteiger partial charge >= 0.3 is 0 Å². The predicted octanol–water partition coefficient (Wildman–Crippen LogP) is 6.11. The first-order chi connectivity index (χ1) is 21.5. The number of ether oxygens (including phenoxy) is 1. The standard InChI is InChI=1S/C33H32Cl2FN3O5S/c1-3-44-26-16-14-25(15-17-26)39(45(42,43)27-18-12-24(36)13-19-27)22-32(40)38(21-28-29(34)10-7-11-30(28)35)31(33(41)37-2)20-23-8-5-4-6-9-23/h4-19,31H,3,20-22H2,1-2H3,(H,37,41)/t31-/m1/s1. The average Bonchev–Trinajstić information content (AvgIpc) is 3.03. The van der Waals surface area contributed by atoms with Crippen molar-refractivity contribution >= 4 is 50.7 Å². The van der Waals surface area contributed by atoms with Gasteiger partial charge in [-0.25, -0.2) is 12.8 Å². The number of carbonyl (C=O) groups excluding carboxylic acids is 2. The van der Waals surface area contributed by atoms with Gasteiger partial charge in [0.15, 0.2) is 0 Å². The predicted molar refractivity (Wildman–Crippen MR) is 174 cm³/mol. The highest BCUT2D eigenvalue weighted by Gasteiger charge is 2.35. The van der Waals surface area contributed by atoms with E-state index >= 15 is 0 Å². The smallest absolute Gasteiger partial charge is 0.264 e. The topological polar surface area (TPSA) is 96.0 Å². The van der Waals surface area contributed by atoms with E-state index in [4.69, 9.17) is 27.9 Å². The number of nitrogens with one attached hydrogen (secondary N) is 1. The summed E-state index contributed by atoms with van der Waals surface area (Å²) in [6.45, 7) is 1.33. The molecule has 0 fully saturated rings. The number of benzene rings is 4. The zero-order valence-corrected chi connectivity index (χ0v) is 26.9. The van der Waals surface area contributed by atoms with Crippen molar-refractivity contribution in [2.24, 2.45) is 0 Å². The number of anilines is 1. The van der Waals surface area contributed by atoms with Gasteiger partial charge in [-0.05, 0) is 73.2 Å². The number of hydrogen-bond donors (Lipinski definition) is 1. The zero-order chi connectivity index (χ0) is 32.6. The molecule has 0 aromatic heterocycles. The molecule has 12 heteroatoms. The summed E-state index contributed by atoms with van der Waals surface area (Å²) < 4.78 is 48.2. The second-order valence-corrected chi connectivity index (χ2v) is 12.6. The molecule has 0 aliphatic heterocycles. The van der Waals surface area contributed by atoms with Gasteiger partial charge in [0.2, 0.25) is 11.8 Å². The van der Waals surface area contributed by atoms with E-state index in [0.717, 1.165) is 34.1 Å². The minimum Gasteiger partial charge on any atom is -0.494 e. The molecule has 0 spiro atoms. The summed E-state index contributed by atoms with van der Waals surface area (Å²) in [5, 5.41) is 3.17. The SMILES string of the molecule is CCOc1ccc(N(CC(=O)N(Cc2c(Cl)cccc2Cl)[C@H](Cc2ccccc2)C(=O)NC)S(=O)(=O)c2ccc(F)cc2)cc1. The number of carbonyl (C=O) groups is 2. The monoisotopic (exact) mass is 671 g/mol. The molecule has 236 valence electrons. The van der Waals surface area contributed by atoms with Crippen LogP contribution in [0.3, 0.4) is 0 Å². The largest absolute Gasteiger partial charge is 0.494 e. The van der Waals surface area contributed by atoms with Crippen molar-refractivity contribution < 1.29 is 27.1 Å². The Balaban J connectivity index is 1.81. The van der Waals surface area contributed by atoms with Crippen molar-refractivity contribution in [3.8, 4) is 5.75 Å². The molecule has 0 unspecified atom stereocenters. The number of amides is 2. The molecule has 0 saturated heterocycles. The summed E-state index contributed by atoms with van der Waals surface area (Å²) in [6, 6.07) is 23.4. The first-order valence-corrected chi connectivity index (χ1v) is 16.2. The molecular formula is C33H32Cl2FN3O5S. The van der Waals surface area contributed by atoms with Crippen molar-refractivity contribution in [1.82, 2.24) is 10.2 Å². The Hall–Kier alpha value is -4.12. The van der Waals surface area contributed by atoms with Crippen LogP contribution in [0.15, 0.2) is 102 Å². The normalized spacial score (nSPS) is 11.8. The molecule has 0 radical (unpaired) electrons. The van der Waals surface area contributed by atoms with Gasteiger partial charge in [0, 0.05) is 35.6 Å². The molecule has 8 nitrogen and oxygen atoms in total. The molecule has 4 aromatic carbocycles. The molecule has 1 atom stereocenters. The number of hydrogen-bond acceptors (Lipinski definition) is 5. The van der Waals surface area contributed by atoms with Crippen molar-refractivity contribution in [3.05, 3.63) is 124 Å². The quantitative estimate of drug-likeness (QED) is 0.185. The van der Waals surface area contributed by atoms with Crippen LogP contribution in [0, 0.1) is 5.82 Å². The van der Waals surface area contributed by atoms with E-state index in [2.05, 4.69) is 5.32 Å². The third-order valence-electron chi connectivity index (χ3n) is 7.02. The van der Waals surface area contributed by atoms with Gasteiger partial charge in [0.1, 0.15) is 24.2 Å². The summed E-state index contributed by atoms with van der Waals surface area (Å²) >= 11 is 13.0. The summed E-state index contributed by atoms with van der Waals surface area (Å²) in [6.07, 6.45) is 0.127. The number of sulfonamides is 1. The lowest BCUT2D eigenvalue weighted by atomic mass is 10.0. The van der Waals surface area contributed by atoms with Crippen LogP contribution in [0.25, 0.3) is 0 Å². The van der Waals surface area contributed by atoms with Crippen molar-refractivity contribution in [1.29, 1.82) is 0 Å². The Morgan fingerprint density at radius 3 is 2.09 bits per heavy atom. The van der Waals surface area contributed by atoms with Crippen LogP contribution in [0.5, 0.6) is 5.75 Å². The first kappa shape index (κ1) is 33.8. The van der Waals surface area contributed by atoms with Gasteiger partial charge in [0.05, 0.1) is 17.2 Å². The molecule has 2 amide bonds. The van der Waals surface area contributed by atoms with Crippen molar-refractivity contribution in [2.45, 2.75) is 30.8 Å². The van der Waals surface area contributed by atoms with Gasteiger partial charge in [-0.15, -0.1) is 0 Å². The van der Waals surface area contributed by atoms with E-state index in [1.165, 1.54) is 24.1 Å². The first-order valence-electron chi connectivity index (χ1n) is 14.0. The number of nitrogens with zero attached hydrogens (tertiary/aromatic N) is 2. The Labute approximate surface area is 272 Å². The van der Waals surface area contributed by atoms with E-state index < -0.39 is 40.2 Å². The maximum absolute atomic E-state index is 14.4. The highest BCUT2D eigenvalue weighted by atomic mass is 35.5. The Morgan fingerprint density at radius 2 is 1.51 bits per heavy atom. The lowest BCUT2D eigenvalue weighted by Gasteiger charge is -2.34. The lowest BCUT2D eigenvalue weighted by molar-refractivity contribution is -0.139. The van der Waals surface area contributed by atoms with Gasteiger partial charge in [0.25, 0.3) is 10.0 Å². The molecule has 0 heterocycles. The molecule has 0 aliphatic carbocycles. The molecule has 45 heavy (non-hydrogen) atoms. The zero-order valence-electron chi connectivity index (χ0n) is 24.6. The summed E-state index contributed by atoms with van der Waals surface area (Å²) in [5.41, 5.74) is 1.33. The minimum atomic E-state index is -4.40. The van der Waals surface area contributed by atoms with E-state index in [1.807, 2.05) is 37.3 Å². The van der Waals surface area contributed by atoms with Gasteiger partial charge in [-0.3, -0.25) is 13.9 Å². The van der Waals surface area contributed by atoms with E-state index in [-0.39, 0.29) is 33.6 Å². The fourth-order valence-electron chi connectivity index (χ4n) is 4.71. The highest BCUT2D eigenvalue weighted by Crippen LogP contribution is 2.30. The second-order valence-electron chi connectivity index (χ2n) is 9.93. The summed E-state index contributed by atoms with van der Waals surface area (Å²) in [4.78, 5) is 28.8. The van der Waals surface area contributed by atoms with Gasteiger partial charge in [-0.2, -0.15) is 0 Å². The Morgan fingerprint density at radius 1 is 0.889 bits per heavy atom. The van der Waals surface area contributed by atoms with Crippen molar-refractivity contribution in [2.75, 3.05) is 24.5 Å². The highest BCUT2D eigenvalue weighted by molar-refractivity contribution is 7.92. The van der Waals surface area contributed by atoms with Crippen LogP contribution in [-0.2, 0) is 32.6 Å². The van der Waals surface area contributed by atoms with E-state index in [9.17, 15) is 22.4 Å². The Kier molecular flexibility index (Phi) is 11.4. The van der Waals surface area contributed by atoms with Gasteiger partial charge in [-0.1, -0.05) is 59.6 Å². The van der Waals surface area contributed by atoms with Crippen LogP contribution in [0.1, 0.15) is 18.1 Å². The van der Waals surface area contributed by atoms with E-state index in [1.54, 1.807) is 30.3 Å². The van der Waals surface area contributed by atoms with Crippen molar-refractivity contribution in [3.63, 3.8) is 0 Å². The maximum atomic E-state index is 14.4. The van der Waals surface area contributed by atoms with Crippen LogP contribution >= 0.6 is 23.2 Å². The second kappa shape index (κ2) is 15.2. The molecule has 4 aromatic rings. The molecule has 4 rings (SSSR count). The number of likely N-dealkylation sites (N-methyl/N-ethyl adjacent to an activating group) is 1. The number of halogens is 3. The lowest BCUT2D eigenvalue weighted by Crippen LogP contribution is -2.53. The summed E-state index contributed by atoms with van der Waals surface area (Å²) in [7, 11) is -2.94. The average molecular weight is 673 g/mol. The van der Waals surface area contributed by atoms with Crippen LogP contribution in [-0.4, -0.2) is 51.4 Å². The van der Waals surface area contributed by atoms with Crippen LogP contribution in [0.2, 0.25) is 10.0 Å². The van der Waals surface area contributed by atoms with Gasteiger partial charge < -0.3 is 15.0 Å². The molecule has 0 aliphatic rings. The molecule has 0 bridgehead atoms. The summed E-state index contributed by atoms with van der Waals surface area (Å²) in [5.74, 6) is -1.28. The fraction of sp³-hybridized carbons (Fsp3) is 0.212. The fourth-order valence-corrected chi connectivity index (χ4v) is 6.64. The third kappa shape index (κ3) is 8.33. The Bertz CT molecular complexity index is 1700. The van der Waals surface area contributed by atoms with Crippen LogP contribution < -0.4 is 14.4 Å². The van der Waals surface area contributed by atoms with Crippen LogP contribution in [0.4, 0.5) is 10.1 Å². The minimum absolute atomic E-state index is 0.127. The number of rotatable bonds is 13. The third-order valence-corrected chi connectivity index (χ3v) is 9.52. The molecule has 0 saturated carbocycles. The molecular weight excluding hydrogens is 640 g/mol. The van der Waals surface area contributed by atoms with E-state index in [0.29, 0.717) is 17.9 Å². The maximum Gasteiger partial charge on any atom is 0.264 e.